The van der Waals surface area contributed by atoms with Crippen LogP contribution in [0.5, 0.6) is 0 Å². The van der Waals surface area contributed by atoms with E-state index in [1.165, 1.54) is 0 Å². The van der Waals surface area contributed by atoms with E-state index in [9.17, 15) is 4.79 Å². The van der Waals surface area contributed by atoms with Gasteiger partial charge in [-0.25, -0.2) is 0 Å². The lowest BCUT2D eigenvalue weighted by molar-refractivity contribution is -0.00874. The number of rotatable bonds is 4. The molecule has 1 aromatic carbocycles. The Bertz CT molecular complexity index is 644. The molecule has 1 saturated heterocycles. The van der Waals surface area contributed by atoms with Crippen molar-refractivity contribution in [2.24, 2.45) is 5.73 Å². The number of carbonyl (C=O) groups excluding carboxylic acids is 1. The number of oxazole rings is 1. The molecule has 20 heavy (non-hydrogen) atoms. The van der Waals surface area contributed by atoms with Gasteiger partial charge in [-0.05, 0) is 32.0 Å². The van der Waals surface area contributed by atoms with Crippen molar-refractivity contribution < 1.29 is 13.9 Å². The number of hydrogen-bond acceptors (Lipinski definition) is 5. The summed E-state index contributed by atoms with van der Waals surface area (Å²) in [4.78, 5) is 17.6. The molecule has 1 fully saturated rings. The predicted molar refractivity (Wildman–Crippen MR) is 73.6 cm³/mol. The second-order valence-electron chi connectivity index (χ2n) is 5.14. The van der Waals surface area contributed by atoms with Gasteiger partial charge in [-0.1, -0.05) is 0 Å². The highest BCUT2D eigenvalue weighted by molar-refractivity contribution is 6.03. The monoisotopic (exact) mass is 274 g/mol. The number of fused-ring (bicyclic) bond motifs is 1. The Kier molecular flexibility index (Phi) is 3.10. The van der Waals surface area contributed by atoms with Crippen molar-refractivity contribution in [3.05, 3.63) is 23.8 Å². The van der Waals surface area contributed by atoms with Crippen LogP contribution in [0.2, 0.25) is 0 Å². The van der Waals surface area contributed by atoms with E-state index >= 15 is 0 Å². The molecule has 105 valence electrons. The molecule has 0 spiro atoms. The van der Waals surface area contributed by atoms with Crippen LogP contribution in [0, 0.1) is 6.07 Å². The van der Waals surface area contributed by atoms with E-state index < -0.39 is 5.91 Å². The number of amides is 1. The van der Waals surface area contributed by atoms with Gasteiger partial charge in [-0.2, -0.15) is 4.98 Å². The van der Waals surface area contributed by atoms with Crippen LogP contribution in [-0.2, 0) is 4.74 Å². The minimum atomic E-state index is -0.555. The van der Waals surface area contributed by atoms with E-state index in [-0.39, 0.29) is 17.8 Å². The van der Waals surface area contributed by atoms with E-state index in [4.69, 9.17) is 14.9 Å². The van der Waals surface area contributed by atoms with Crippen molar-refractivity contribution in [3.8, 4) is 0 Å². The number of anilines is 1. The summed E-state index contributed by atoms with van der Waals surface area (Å²) in [6, 6.07) is 6.62. The highest BCUT2D eigenvalue weighted by atomic mass is 16.5. The first-order chi connectivity index (χ1) is 9.54. The third-order valence-corrected chi connectivity index (χ3v) is 3.17. The summed E-state index contributed by atoms with van der Waals surface area (Å²) in [6.45, 7) is 5.50. The highest BCUT2D eigenvalue weighted by Crippen LogP contribution is 2.28. The fourth-order valence-corrected chi connectivity index (χ4v) is 2.27. The largest absolute Gasteiger partial charge is 0.423 e. The number of benzene rings is 1. The normalized spacial score (nSPS) is 15.8. The molecule has 3 rings (SSSR count). The van der Waals surface area contributed by atoms with E-state index in [0.29, 0.717) is 17.1 Å². The Balaban J connectivity index is 1.81. The van der Waals surface area contributed by atoms with Gasteiger partial charge in [0, 0.05) is 0 Å². The molecule has 1 amide bonds. The number of primary amides is 1. The van der Waals surface area contributed by atoms with Crippen molar-refractivity contribution in [1.82, 2.24) is 4.98 Å². The maximum Gasteiger partial charge on any atom is 0.298 e. The molecule has 6 nitrogen and oxygen atoms in total. The lowest BCUT2D eigenvalue weighted by atomic mass is 10.2. The van der Waals surface area contributed by atoms with Crippen LogP contribution < -0.4 is 10.6 Å². The van der Waals surface area contributed by atoms with Gasteiger partial charge in [0.15, 0.2) is 5.58 Å². The molecule has 1 aliphatic rings. The topological polar surface area (TPSA) is 81.6 Å². The molecule has 0 saturated carbocycles. The van der Waals surface area contributed by atoms with E-state index in [0.717, 1.165) is 13.1 Å². The second-order valence-corrected chi connectivity index (χ2v) is 5.14. The fourth-order valence-electron chi connectivity index (χ4n) is 2.27. The molecule has 1 aromatic heterocycles. The van der Waals surface area contributed by atoms with Crippen molar-refractivity contribution in [2.45, 2.75) is 26.1 Å². The molecule has 0 atom stereocenters. The van der Waals surface area contributed by atoms with E-state index in [1.54, 1.807) is 12.1 Å². The summed E-state index contributed by atoms with van der Waals surface area (Å²) in [5, 5.41) is 0. The lowest BCUT2D eigenvalue weighted by Crippen LogP contribution is -2.53. The van der Waals surface area contributed by atoms with E-state index in [1.807, 2.05) is 18.7 Å². The molecule has 0 aliphatic carbocycles. The summed E-state index contributed by atoms with van der Waals surface area (Å²) in [5.41, 5.74) is 6.56. The second kappa shape index (κ2) is 4.79. The first kappa shape index (κ1) is 12.9. The predicted octanol–water partition coefficient (Wildman–Crippen LogP) is 1.34. The Labute approximate surface area is 116 Å². The molecule has 2 heterocycles. The third kappa shape index (κ3) is 2.22. The van der Waals surface area contributed by atoms with Crippen LogP contribution in [0.15, 0.2) is 16.5 Å². The van der Waals surface area contributed by atoms with Gasteiger partial charge in [0.25, 0.3) is 11.9 Å². The van der Waals surface area contributed by atoms with Crippen LogP contribution in [0.1, 0.15) is 24.2 Å². The average molecular weight is 274 g/mol. The number of carbonyl (C=O) groups is 1. The summed E-state index contributed by atoms with van der Waals surface area (Å²) < 4.78 is 11.3. The highest BCUT2D eigenvalue weighted by Gasteiger charge is 2.31. The molecule has 0 bridgehead atoms. The minimum absolute atomic E-state index is 0.201. The van der Waals surface area contributed by atoms with Crippen molar-refractivity contribution in [1.29, 1.82) is 0 Å². The summed E-state index contributed by atoms with van der Waals surface area (Å²) in [5.74, 6) is -0.555. The number of aromatic nitrogens is 1. The van der Waals surface area contributed by atoms with Crippen molar-refractivity contribution >= 4 is 23.0 Å². The van der Waals surface area contributed by atoms with Gasteiger partial charge >= 0.3 is 0 Å². The Morgan fingerprint density at radius 2 is 2.35 bits per heavy atom. The SMILES string of the molecule is CC(C)OC1CN(c2nc3c(C(N)=O)[c]ccc3o2)C1. The molecule has 2 N–H and O–H groups in total. The van der Waals surface area contributed by atoms with Crippen LogP contribution in [-0.4, -0.2) is 36.2 Å². The number of nitrogens with two attached hydrogens (primary N) is 1. The third-order valence-electron chi connectivity index (χ3n) is 3.17. The van der Waals surface area contributed by atoms with Gasteiger partial charge in [0.2, 0.25) is 0 Å². The Morgan fingerprint density at radius 1 is 1.60 bits per heavy atom. The van der Waals surface area contributed by atoms with Crippen LogP contribution in [0.4, 0.5) is 6.01 Å². The molecule has 2 aromatic rings. The van der Waals surface area contributed by atoms with E-state index in [2.05, 4.69) is 11.1 Å². The number of nitrogens with zero attached hydrogens (tertiary/aromatic N) is 2. The van der Waals surface area contributed by atoms with Crippen LogP contribution in [0.25, 0.3) is 11.1 Å². The summed E-state index contributed by atoms with van der Waals surface area (Å²) >= 11 is 0. The zero-order valence-electron chi connectivity index (χ0n) is 11.4. The fraction of sp³-hybridized carbons (Fsp3) is 0.429. The van der Waals surface area contributed by atoms with Gasteiger partial charge in [0.05, 0.1) is 30.9 Å². The summed E-state index contributed by atoms with van der Waals surface area (Å²) in [7, 11) is 0. The molecule has 1 radical (unpaired) electrons. The van der Waals surface area contributed by atoms with Crippen molar-refractivity contribution in [2.75, 3.05) is 18.0 Å². The quantitative estimate of drug-likeness (QED) is 0.909. The molecule has 6 heteroatoms. The smallest absolute Gasteiger partial charge is 0.298 e. The zero-order valence-corrected chi connectivity index (χ0v) is 11.4. The van der Waals surface area contributed by atoms with Gasteiger partial charge in [-0.3, -0.25) is 4.79 Å². The molecular weight excluding hydrogens is 258 g/mol. The summed E-state index contributed by atoms with van der Waals surface area (Å²) in [6.07, 6.45) is 0.411. The number of ether oxygens (including phenoxy) is 1. The maximum atomic E-state index is 11.3. The lowest BCUT2D eigenvalue weighted by Gasteiger charge is -2.38. The van der Waals surface area contributed by atoms with Gasteiger partial charge < -0.3 is 19.8 Å². The van der Waals surface area contributed by atoms with Crippen molar-refractivity contribution in [3.63, 3.8) is 0 Å². The molecular formula is C14H16N3O3. The Morgan fingerprint density at radius 3 is 3.00 bits per heavy atom. The average Bonchev–Trinajstić information content (AvgIpc) is 2.75. The first-order valence-corrected chi connectivity index (χ1v) is 6.56. The van der Waals surface area contributed by atoms with Gasteiger partial charge in [0.1, 0.15) is 5.52 Å². The van der Waals surface area contributed by atoms with Crippen LogP contribution in [0.3, 0.4) is 0 Å². The number of hydrogen-bond donors (Lipinski definition) is 1. The van der Waals surface area contributed by atoms with Crippen LogP contribution >= 0.6 is 0 Å². The first-order valence-electron chi connectivity index (χ1n) is 6.56. The van der Waals surface area contributed by atoms with Gasteiger partial charge in [-0.15, -0.1) is 0 Å². The zero-order chi connectivity index (χ0) is 14.3. The molecule has 0 unspecified atom stereocenters. The minimum Gasteiger partial charge on any atom is -0.423 e. The molecule has 1 aliphatic heterocycles. The maximum absolute atomic E-state index is 11.3. The Hall–Kier alpha value is -2.08. The standard InChI is InChI=1S/C14H16N3O3/c1-8(2)19-9-6-17(7-9)14-16-12-10(13(15)18)4-3-5-11(12)20-14/h3,5,8-9H,6-7H2,1-2H3,(H2,15,18).